The summed E-state index contributed by atoms with van der Waals surface area (Å²) >= 11 is 0. The fourth-order valence-corrected chi connectivity index (χ4v) is 3.01. The Morgan fingerprint density at radius 3 is 2.68 bits per heavy atom. The smallest absolute Gasteiger partial charge is 0.274 e. The van der Waals surface area contributed by atoms with Gasteiger partial charge in [-0.1, -0.05) is 37.3 Å². The SMILES string of the molecule is CCNC(Cc1ccc(OCCn2ncc3ccccc3c2=O)cc1)C(N)=O. The minimum absolute atomic E-state index is 0.127. The molecule has 0 saturated heterocycles. The number of likely N-dealkylation sites (N-methyl/N-ethyl adjacent to an activating group) is 1. The largest absolute Gasteiger partial charge is 0.492 e. The Labute approximate surface area is 163 Å². The lowest BCUT2D eigenvalue weighted by Crippen LogP contribution is -2.42. The molecule has 1 aromatic heterocycles. The zero-order chi connectivity index (χ0) is 19.9. The van der Waals surface area contributed by atoms with Crippen molar-refractivity contribution in [1.82, 2.24) is 15.1 Å². The molecular formula is C21H24N4O3. The maximum Gasteiger partial charge on any atom is 0.274 e. The van der Waals surface area contributed by atoms with Gasteiger partial charge in [-0.3, -0.25) is 9.59 Å². The van der Waals surface area contributed by atoms with Crippen LogP contribution in [0.15, 0.2) is 59.5 Å². The van der Waals surface area contributed by atoms with Crippen molar-refractivity contribution >= 4 is 16.7 Å². The number of nitrogens with two attached hydrogens (primary N) is 1. The number of carbonyl (C=O) groups excluding carboxylic acids is 1. The van der Waals surface area contributed by atoms with Gasteiger partial charge in [0.25, 0.3) is 5.56 Å². The lowest BCUT2D eigenvalue weighted by atomic mass is 10.1. The number of nitrogens with zero attached hydrogens (tertiary/aromatic N) is 2. The standard InChI is InChI=1S/C21H24N4O3/c1-2-23-19(20(22)26)13-15-7-9-17(10-8-15)28-12-11-25-21(27)18-6-4-3-5-16(18)14-24-25/h3-10,14,19,23H,2,11-13H2,1H3,(H2,22,26). The average Bonchev–Trinajstić information content (AvgIpc) is 2.70. The van der Waals surface area contributed by atoms with Gasteiger partial charge < -0.3 is 15.8 Å². The highest BCUT2D eigenvalue weighted by atomic mass is 16.5. The fourth-order valence-electron chi connectivity index (χ4n) is 3.01. The predicted molar refractivity (Wildman–Crippen MR) is 108 cm³/mol. The zero-order valence-electron chi connectivity index (χ0n) is 15.8. The zero-order valence-corrected chi connectivity index (χ0v) is 15.8. The summed E-state index contributed by atoms with van der Waals surface area (Å²) in [6, 6.07) is 14.5. The van der Waals surface area contributed by atoms with Gasteiger partial charge in [-0.2, -0.15) is 5.10 Å². The first kappa shape index (κ1) is 19.6. The van der Waals surface area contributed by atoms with Gasteiger partial charge in [-0.25, -0.2) is 4.68 Å². The number of carbonyl (C=O) groups is 1. The molecule has 0 radical (unpaired) electrons. The van der Waals surface area contributed by atoms with Crippen molar-refractivity contribution in [2.75, 3.05) is 13.2 Å². The molecule has 28 heavy (non-hydrogen) atoms. The number of ether oxygens (including phenoxy) is 1. The Bertz CT molecular complexity index is 998. The number of fused-ring (bicyclic) bond motifs is 1. The van der Waals surface area contributed by atoms with E-state index in [9.17, 15) is 9.59 Å². The second-order valence-corrected chi connectivity index (χ2v) is 6.47. The summed E-state index contributed by atoms with van der Waals surface area (Å²) in [6.07, 6.45) is 2.21. The van der Waals surface area contributed by atoms with Crippen LogP contribution in [0.3, 0.4) is 0 Å². The van der Waals surface area contributed by atoms with Gasteiger partial charge in [0.1, 0.15) is 12.4 Å². The molecule has 3 aromatic rings. The summed E-state index contributed by atoms with van der Waals surface area (Å²) < 4.78 is 7.13. The van der Waals surface area contributed by atoms with Crippen molar-refractivity contribution in [3.05, 3.63) is 70.6 Å². The van der Waals surface area contributed by atoms with E-state index in [-0.39, 0.29) is 17.5 Å². The first-order chi connectivity index (χ1) is 13.6. The maximum absolute atomic E-state index is 12.4. The van der Waals surface area contributed by atoms with Crippen LogP contribution < -0.4 is 21.3 Å². The van der Waals surface area contributed by atoms with Crippen LogP contribution >= 0.6 is 0 Å². The van der Waals surface area contributed by atoms with Gasteiger partial charge in [0.05, 0.1) is 24.2 Å². The van der Waals surface area contributed by atoms with Crippen LogP contribution in [0.5, 0.6) is 5.75 Å². The van der Waals surface area contributed by atoms with Crippen LogP contribution in [0.4, 0.5) is 0 Å². The van der Waals surface area contributed by atoms with Crippen LogP contribution in [0.2, 0.25) is 0 Å². The maximum atomic E-state index is 12.4. The van der Waals surface area contributed by atoms with Gasteiger partial charge in [0.2, 0.25) is 5.91 Å². The predicted octanol–water partition coefficient (Wildman–Crippen LogP) is 1.48. The van der Waals surface area contributed by atoms with Crippen LogP contribution in [0.1, 0.15) is 12.5 Å². The third-order valence-corrected chi connectivity index (χ3v) is 4.49. The molecule has 2 aromatic carbocycles. The number of benzene rings is 2. The minimum Gasteiger partial charge on any atom is -0.492 e. The summed E-state index contributed by atoms with van der Waals surface area (Å²) in [5.74, 6) is 0.326. The number of nitrogens with one attached hydrogen (secondary N) is 1. The summed E-state index contributed by atoms with van der Waals surface area (Å²) in [4.78, 5) is 23.9. The first-order valence-electron chi connectivity index (χ1n) is 9.27. The van der Waals surface area contributed by atoms with E-state index in [1.807, 2.05) is 49.4 Å². The van der Waals surface area contributed by atoms with E-state index in [1.54, 1.807) is 12.3 Å². The van der Waals surface area contributed by atoms with Crippen molar-refractivity contribution in [1.29, 1.82) is 0 Å². The highest BCUT2D eigenvalue weighted by molar-refractivity contribution is 5.80. The molecule has 7 heteroatoms. The van der Waals surface area contributed by atoms with Crippen molar-refractivity contribution in [3.8, 4) is 5.75 Å². The van der Waals surface area contributed by atoms with Gasteiger partial charge in [-0.15, -0.1) is 0 Å². The molecule has 1 amide bonds. The van der Waals surface area contributed by atoms with Crippen LogP contribution in [-0.2, 0) is 17.8 Å². The Kier molecular flexibility index (Phi) is 6.39. The molecule has 0 fully saturated rings. The average molecular weight is 380 g/mol. The fraction of sp³-hybridized carbons (Fsp3) is 0.286. The van der Waals surface area contributed by atoms with E-state index >= 15 is 0 Å². The van der Waals surface area contributed by atoms with E-state index in [0.29, 0.717) is 37.3 Å². The van der Waals surface area contributed by atoms with E-state index in [2.05, 4.69) is 10.4 Å². The third-order valence-electron chi connectivity index (χ3n) is 4.49. The number of aromatic nitrogens is 2. The van der Waals surface area contributed by atoms with E-state index < -0.39 is 0 Å². The van der Waals surface area contributed by atoms with Gasteiger partial charge >= 0.3 is 0 Å². The van der Waals surface area contributed by atoms with E-state index in [4.69, 9.17) is 10.5 Å². The number of amides is 1. The highest BCUT2D eigenvalue weighted by Crippen LogP contribution is 2.14. The van der Waals surface area contributed by atoms with Crippen molar-refractivity contribution in [3.63, 3.8) is 0 Å². The molecule has 146 valence electrons. The summed E-state index contributed by atoms with van der Waals surface area (Å²) in [5.41, 5.74) is 6.27. The molecule has 0 spiro atoms. The molecule has 0 aliphatic rings. The Morgan fingerprint density at radius 1 is 1.21 bits per heavy atom. The topological polar surface area (TPSA) is 99.2 Å². The van der Waals surface area contributed by atoms with E-state index in [0.717, 1.165) is 10.9 Å². The molecule has 1 unspecified atom stereocenters. The van der Waals surface area contributed by atoms with Crippen molar-refractivity contribution < 1.29 is 9.53 Å². The van der Waals surface area contributed by atoms with Gasteiger partial charge in [-0.05, 0) is 36.7 Å². The van der Waals surface area contributed by atoms with Crippen molar-refractivity contribution in [2.24, 2.45) is 5.73 Å². The summed E-state index contributed by atoms with van der Waals surface area (Å²) in [7, 11) is 0. The molecule has 3 N–H and O–H groups in total. The monoisotopic (exact) mass is 380 g/mol. The lowest BCUT2D eigenvalue weighted by molar-refractivity contribution is -0.120. The van der Waals surface area contributed by atoms with Crippen molar-refractivity contribution in [2.45, 2.75) is 25.9 Å². The molecule has 0 aliphatic heterocycles. The highest BCUT2D eigenvalue weighted by Gasteiger charge is 2.14. The second kappa shape index (κ2) is 9.14. The summed E-state index contributed by atoms with van der Waals surface area (Å²) in [6.45, 7) is 3.29. The molecule has 0 saturated carbocycles. The van der Waals surface area contributed by atoms with Crippen LogP contribution in [-0.4, -0.2) is 34.9 Å². The number of hydrogen-bond acceptors (Lipinski definition) is 5. The molecule has 0 aliphatic carbocycles. The Hall–Kier alpha value is -3.19. The third kappa shape index (κ3) is 4.75. The normalized spacial score (nSPS) is 12.0. The molecule has 0 bridgehead atoms. The van der Waals surface area contributed by atoms with Gasteiger partial charge in [0.15, 0.2) is 0 Å². The number of primary amides is 1. The molecule has 7 nitrogen and oxygen atoms in total. The number of hydrogen-bond donors (Lipinski definition) is 2. The van der Waals surface area contributed by atoms with Crippen LogP contribution in [0.25, 0.3) is 10.8 Å². The Morgan fingerprint density at radius 2 is 1.96 bits per heavy atom. The summed E-state index contributed by atoms with van der Waals surface area (Å²) in [5, 5.41) is 8.73. The minimum atomic E-state index is -0.386. The molecule has 1 heterocycles. The molecule has 3 rings (SSSR count). The lowest BCUT2D eigenvalue weighted by Gasteiger charge is -2.14. The van der Waals surface area contributed by atoms with E-state index in [1.165, 1.54) is 4.68 Å². The van der Waals surface area contributed by atoms with Gasteiger partial charge in [0, 0.05) is 5.39 Å². The number of rotatable bonds is 9. The van der Waals surface area contributed by atoms with Crippen LogP contribution in [0, 0.1) is 0 Å². The second-order valence-electron chi connectivity index (χ2n) is 6.47. The first-order valence-corrected chi connectivity index (χ1v) is 9.27. The molecular weight excluding hydrogens is 356 g/mol. The molecule has 1 atom stereocenters. The Balaban J connectivity index is 1.57. The quantitative estimate of drug-likeness (QED) is 0.586.